The lowest BCUT2D eigenvalue weighted by molar-refractivity contribution is 0.161. The molecule has 2 rings (SSSR count). The molecule has 1 unspecified atom stereocenters. The van der Waals surface area contributed by atoms with Gasteiger partial charge in [0.25, 0.3) is 0 Å². The number of likely N-dealkylation sites (tertiary alicyclic amines) is 2. The summed E-state index contributed by atoms with van der Waals surface area (Å²) < 4.78 is 0. The highest BCUT2D eigenvalue weighted by Crippen LogP contribution is 2.17. The number of likely N-dealkylation sites (N-methyl/N-ethyl adjacent to an activating group) is 1. The van der Waals surface area contributed by atoms with E-state index in [1.54, 1.807) is 0 Å². The second-order valence-electron chi connectivity index (χ2n) is 5.52. The van der Waals surface area contributed by atoms with Gasteiger partial charge >= 0.3 is 0 Å². The normalized spacial score (nSPS) is 27.5. The second kappa shape index (κ2) is 6.98. The first-order valence-electron chi connectivity index (χ1n) is 7.60. The second-order valence-corrected chi connectivity index (χ2v) is 5.52. The standard InChI is InChI=1S/C14H28N4/c1-2-17-9-7-4-8-13(17)12-16-14(15)18-10-5-3-6-11-18/h13H,2-12H2,1H3,(H2,15,16). The molecule has 0 aromatic carbocycles. The zero-order chi connectivity index (χ0) is 12.8. The molecule has 2 aliphatic rings. The van der Waals surface area contributed by atoms with Crippen LogP contribution in [-0.4, -0.2) is 54.5 Å². The lowest BCUT2D eigenvalue weighted by Gasteiger charge is -2.34. The van der Waals surface area contributed by atoms with Crippen LogP contribution >= 0.6 is 0 Å². The molecule has 0 amide bonds. The smallest absolute Gasteiger partial charge is 0.191 e. The summed E-state index contributed by atoms with van der Waals surface area (Å²) in [5, 5.41) is 0. The highest BCUT2D eigenvalue weighted by molar-refractivity contribution is 5.78. The summed E-state index contributed by atoms with van der Waals surface area (Å²) in [7, 11) is 0. The maximum atomic E-state index is 6.11. The first-order chi connectivity index (χ1) is 8.81. The molecule has 0 aromatic heterocycles. The van der Waals surface area contributed by atoms with Gasteiger partial charge in [0.1, 0.15) is 0 Å². The molecule has 0 bridgehead atoms. The Labute approximate surface area is 111 Å². The van der Waals surface area contributed by atoms with Crippen molar-refractivity contribution in [2.45, 2.75) is 51.5 Å². The fourth-order valence-corrected chi connectivity index (χ4v) is 3.10. The van der Waals surface area contributed by atoms with Gasteiger partial charge in [0, 0.05) is 19.1 Å². The van der Waals surface area contributed by atoms with E-state index in [2.05, 4.69) is 21.7 Å². The van der Waals surface area contributed by atoms with Crippen molar-refractivity contribution in [1.82, 2.24) is 9.80 Å². The van der Waals surface area contributed by atoms with E-state index in [4.69, 9.17) is 5.73 Å². The number of rotatable bonds is 3. The van der Waals surface area contributed by atoms with Crippen molar-refractivity contribution >= 4 is 5.96 Å². The van der Waals surface area contributed by atoms with Gasteiger partial charge in [0.05, 0.1) is 6.54 Å². The SMILES string of the molecule is CCN1CCCCC1CN=C(N)N1CCCCC1. The molecular formula is C14H28N4. The van der Waals surface area contributed by atoms with Crippen LogP contribution in [0.2, 0.25) is 0 Å². The fraction of sp³-hybridized carbons (Fsp3) is 0.929. The van der Waals surface area contributed by atoms with Gasteiger partial charge in [0.15, 0.2) is 5.96 Å². The third kappa shape index (κ3) is 3.61. The fourth-order valence-electron chi connectivity index (χ4n) is 3.10. The Morgan fingerprint density at radius 2 is 1.83 bits per heavy atom. The van der Waals surface area contributed by atoms with Crippen LogP contribution in [0.25, 0.3) is 0 Å². The first kappa shape index (κ1) is 13.7. The molecule has 1 atom stereocenters. The summed E-state index contributed by atoms with van der Waals surface area (Å²) in [4.78, 5) is 9.45. The van der Waals surface area contributed by atoms with Crippen LogP contribution in [0.3, 0.4) is 0 Å². The van der Waals surface area contributed by atoms with Gasteiger partial charge in [-0.1, -0.05) is 13.3 Å². The van der Waals surface area contributed by atoms with Gasteiger partial charge in [-0.05, 0) is 45.2 Å². The molecule has 2 heterocycles. The lowest BCUT2D eigenvalue weighted by atomic mass is 10.0. The van der Waals surface area contributed by atoms with E-state index in [1.807, 2.05) is 0 Å². The summed E-state index contributed by atoms with van der Waals surface area (Å²) in [5.41, 5.74) is 6.11. The molecule has 0 spiro atoms. The topological polar surface area (TPSA) is 44.9 Å². The van der Waals surface area contributed by atoms with Gasteiger partial charge in [-0.15, -0.1) is 0 Å². The van der Waals surface area contributed by atoms with Crippen LogP contribution in [-0.2, 0) is 0 Å². The number of nitrogens with zero attached hydrogens (tertiary/aromatic N) is 3. The molecule has 0 radical (unpaired) electrons. The largest absolute Gasteiger partial charge is 0.370 e. The van der Waals surface area contributed by atoms with E-state index in [9.17, 15) is 0 Å². The minimum atomic E-state index is 0.618. The zero-order valence-corrected chi connectivity index (χ0v) is 11.8. The third-order valence-corrected chi connectivity index (χ3v) is 4.30. The maximum Gasteiger partial charge on any atom is 0.191 e. The van der Waals surface area contributed by atoms with E-state index < -0.39 is 0 Å². The quantitative estimate of drug-likeness (QED) is 0.614. The van der Waals surface area contributed by atoms with Gasteiger partial charge in [-0.3, -0.25) is 9.89 Å². The lowest BCUT2D eigenvalue weighted by Crippen LogP contribution is -2.44. The molecule has 18 heavy (non-hydrogen) atoms. The Morgan fingerprint density at radius 1 is 1.11 bits per heavy atom. The van der Waals surface area contributed by atoms with Crippen LogP contribution in [0.1, 0.15) is 45.4 Å². The van der Waals surface area contributed by atoms with Crippen molar-refractivity contribution in [3.8, 4) is 0 Å². The van der Waals surface area contributed by atoms with Crippen LogP contribution in [0, 0.1) is 0 Å². The Morgan fingerprint density at radius 3 is 2.56 bits per heavy atom. The molecule has 4 heteroatoms. The summed E-state index contributed by atoms with van der Waals surface area (Å²) in [5.74, 6) is 0.774. The number of piperidine rings is 2. The number of hydrogen-bond acceptors (Lipinski definition) is 2. The van der Waals surface area contributed by atoms with Gasteiger partial charge in [0.2, 0.25) is 0 Å². The number of nitrogens with two attached hydrogens (primary N) is 1. The number of hydrogen-bond donors (Lipinski definition) is 1. The molecule has 2 N–H and O–H groups in total. The van der Waals surface area contributed by atoms with Crippen LogP contribution in [0.5, 0.6) is 0 Å². The van der Waals surface area contributed by atoms with E-state index in [0.29, 0.717) is 6.04 Å². The molecule has 104 valence electrons. The van der Waals surface area contributed by atoms with Crippen LogP contribution in [0.4, 0.5) is 0 Å². The van der Waals surface area contributed by atoms with Crippen LogP contribution in [0.15, 0.2) is 4.99 Å². The zero-order valence-electron chi connectivity index (χ0n) is 11.8. The molecule has 0 aromatic rings. The Kier molecular flexibility index (Phi) is 5.29. The predicted molar refractivity (Wildman–Crippen MR) is 76.8 cm³/mol. The Hall–Kier alpha value is -0.770. The van der Waals surface area contributed by atoms with Crippen molar-refractivity contribution in [2.75, 3.05) is 32.7 Å². The monoisotopic (exact) mass is 252 g/mol. The first-order valence-corrected chi connectivity index (χ1v) is 7.60. The number of aliphatic imine (C=N–C) groups is 1. The minimum Gasteiger partial charge on any atom is -0.370 e. The molecule has 0 aliphatic carbocycles. The van der Waals surface area contributed by atoms with Crippen molar-refractivity contribution < 1.29 is 0 Å². The minimum absolute atomic E-state index is 0.618. The molecule has 2 aliphatic heterocycles. The van der Waals surface area contributed by atoms with Gasteiger partial charge in [-0.25, -0.2) is 0 Å². The molecule has 2 fully saturated rings. The van der Waals surface area contributed by atoms with Crippen molar-refractivity contribution in [1.29, 1.82) is 0 Å². The molecule has 4 nitrogen and oxygen atoms in total. The summed E-state index contributed by atoms with van der Waals surface area (Å²) in [6.07, 6.45) is 7.85. The summed E-state index contributed by atoms with van der Waals surface area (Å²) in [6, 6.07) is 0.618. The predicted octanol–water partition coefficient (Wildman–Crippen LogP) is 1.66. The van der Waals surface area contributed by atoms with E-state index in [-0.39, 0.29) is 0 Å². The third-order valence-electron chi connectivity index (χ3n) is 4.30. The van der Waals surface area contributed by atoms with Crippen LogP contribution < -0.4 is 5.73 Å². The van der Waals surface area contributed by atoms with Gasteiger partial charge < -0.3 is 10.6 Å². The van der Waals surface area contributed by atoms with E-state index in [0.717, 1.165) is 32.1 Å². The molecule has 0 saturated carbocycles. The average molecular weight is 252 g/mol. The van der Waals surface area contributed by atoms with Crippen molar-refractivity contribution in [2.24, 2.45) is 10.7 Å². The highest BCUT2D eigenvalue weighted by Gasteiger charge is 2.21. The molecular weight excluding hydrogens is 224 g/mol. The van der Waals surface area contributed by atoms with E-state index in [1.165, 1.54) is 45.1 Å². The maximum absolute atomic E-state index is 6.11. The number of guanidine groups is 1. The average Bonchev–Trinajstić information content (AvgIpc) is 2.46. The summed E-state index contributed by atoms with van der Waals surface area (Å²) in [6.45, 7) is 7.70. The molecule has 2 saturated heterocycles. The van der Waals surface area contributed by atoms with Crippen molar-refractivity contribution in [3.05, 3.63) is 0 Å². The van der Waals surface area contributed by atoms with Gasteiger partial charge in [-0.2, -0.15) is 0 Å². The Balaban J connectivity index is 1.83. The highest BCUT2D eigenvalue weighted by atomic mass is 15.3. The Bertz CT molecular complexity index is 271. The van der Waals surface area contributed by atoms with E-state index >= 15 is 0 Å². The van der Waals surface area contributed by atoms with Crippen molar-refractivity contribution in [3.63, 3.8) is 0 Å². The summed E-state index contributed by atoms with van der Waals surface area (Å²) >= 11 is 0.